The zero-order chi connectivity index (χ0) is 19.4. The molecule has 0 saturated heterocycles. The highest BCUT2D eigenvalue weighted by Crippen LogP contribution is 2.22. The van der Waals surface area contributed by atoms with E-state index in [9.17, 15) is 9.59 Å². The van der Waals surface area contributed by atoms with E-state index in [1.807, 2.05) is 42.5 Å². The third-order valence-electron chi connectivity index (χ3n) is 4.19. The molecule has 0 aliphatic carbocycles. The second-order valence-corrected chi connectivity index (χ2v) is 6.05. The van der Waals surface area contributed by atoms with E-state index < -0.39 is 5.97 Å². The van der Waals surface area contributed by atoms with Crippen molar-refractivity contribution in [2.24, 2.45) is 7.05 Å². The summed E-state index contributed by atoms with van der Waals surface area (Å²) in [6, 6.07) is 17.2. The number of carbonyl (C=O) groups is 2. The highest BCUT2D eigenvalue weighted by atomic mass is 16.5. The zero-order valence-corrected chi connectivity index (χ0v) is 15.5. The van der Waals surface area contributed by atoms with Crippen LogP contribution in [0.4, 0.5) is 5.82 Å². The van der Waals surface area contributed by atoms with Gasteiger partial charge in [0.05, 0.1) is 12.3 Å². The van der Waals surface area contributed by atoms with E-state index in [2.05, 4.69) is 10.4 Å². The summed E-state index contributed by atoms with van der Waals surface area (Å²) < 4.78 is 6.54. The lowest BCUT2D eigenvalue weighted by molar-refractivity contribution is 0.0526. The van der Waals surface area contributed by atoms with Crippen molar-refractivity contribution in [1.82, 2.24) is 9.78 Å². The third kappa shape index (κ3) is 3.89. The van der Waals surface area contributed by atoms with Crippen LogP contribution in [-0.2, 0) is 11.8 Å². The predicted molar refractivity (Wildman–Crippen MR) is 104 cm³/mol. The number of aromatic nitrogens is 2. The van der Waals surface area contributed by atoms with Crippen molar-refractivity contribution >= 4 is 17.7 Å². The molecule has 0 bridgehead atoms. The average Bonchev–Trinajstić information content (AvgIpc) is 2.96. The van der Waals surface area contributed by atoms with Crippen LogP contribution in [0.15, 0.2) is 54.6 Å². The fraction of sp³-hybridized carbons (Fsp3) is 0.190. The minimum atomic E-state index is -0.502. The van der Waals surface area contributed by atoms with Crippen LogP contribution >= 0.6 is 0 Å². The maximum atomic E-state index is 12.7. The lowest BCUT2D eigenvalue weighted by Gasteiger charge is -2.09. The van der Waals surface area contributed by atoms with E-state index >= 15 is 0 Å². The Hall–Kier alpha value is -3.41. The SMILES string of the molecule is CCOC(=O)c1c(C)nn(C)c1NC(=O)c1ccc(-c2ccccc2)cc1. The Labute approximate surface area is 157 Å². The molecule has 6 heteroatoms. The summed E-state index contributed by atoms with van der Waals surface area (Å²) in [5.41, 5.74) is 3.37. The maximum absolute atomic E-state index is 12.7. The number of carbonyl (C=O) groups excluding carboxylic acids is 2. The smallest absolute Gasteiger partial charge is 0.343 e. The van der Waals surface area contributed by atoms with Crippen LogP contribution in [0.3, 0.4) is 0 Å². The molecule has 0 unspecified atom stereocenters. The lowest BCUT2D eigenvalue weighted by Crippen LogP contribution is -2.17. The Bertz CT molecular complexity index is 960. The van der Waals surface area contributed by atoms with Gasteiger partial charge in [-0.25, -0.2) is 4.79 Å². The third-order valence-corrected chi connectivity index (χ3v) is 4.19. The van der Waals surface area contributed by atoms with Gasteiger partial charge in [-0.2, -0.15) is 5.10 Å². The number of nitrogens with zero attached hydrogens (tertiary/aromatic N) is 2. The number of rotatable bonds is 5. The van der Waals surface area contributed by atoms with Crippen LogP contribution in [0, 0.1) is 6.92 Å². The monoisotopic (exact) mass is 363 g/mol. The van der Waals surface area contributed by atoms with Crippen LogP contribution in [0.1, 0.15) is 33.3 Å². The number of benzene rings is 2. The molecule has 3 aromatic rings. The highest BCUT2D eigenvalue weighted by Gasteiger charge is 2.23. The van der Waals surface area contributed by atoms with Crippen molar-refractivity contribution in [2.45, 2.75) is 13.8 Å². The molecule has 0 atom stereocenters. The summed E-state index contributed by atoms with van der Waals surface area (Å²) in [6.45, 7) is 3.69. The van der Waals surface area contributed by atoms with Gasteiger partial charge < -0.3 is 10.1 Å². The number of esters is 1. The number of aryl methyl sites for hydroxylation is 2. The summed E-state index contributed by atoms with van der Waals surface area (Å²) >= 11 is 0. The second kappa shape index (κ2) is 7.86. The number of ether oxygens (including phenoxy) is 1. The van der Waals surface area contributed by atoms with E-state index in [1.54, 1.807) is 33.0 Å². The van der Waals surface area contributed by atoms with Crippen LogP contribution in [-0.4, -0.2) is 28.3 Å². The molecule has 0 radical (unpaired) electrons. The number of hydrogen-bond donors (Lipinski definition) is 1. The molecule has 0 aliphatic rings. The molecule has 138 valence electrons. The van der Waals surface area contributed by atoms with E-state index in [1.165, 1.54) is 4.68 Å². The quantitative estimate of drug-likeness (QED) is 0.699. The summed E-state index contributed by atoms with van der Waals surface area (Å²) in [6.07, 6.45) is 0. The lowest BCUT2D eigenvalue weighted by atomic mass is 10.0. The first kappa shape index (κ1) is 18.4. The molecule has 0 spiro atoms. The molecular weight excluding hydrogens is 342 g/mol. The molecule has 0 saturated carbocycles. The fourth-order valence-corrected chi connectivity index (χ4v) is 2.87. The minimum absolute atomic E-state index is 0.251. The number of nitrogens with one attached hydrogen (secondary N) is 1. The molecule has 1 heterocycles. The molecule has 0 fully saturated rings. The average molecular weight is 363 g/mol. The molecule has 1 N–H and O–H groups in total. The van der Waals surface area contributed by atoms with Gasteiger partial charge in [-0.15, -0.1) is 0 Å². The van der Waals surface area contributed by atoms with Gasteiger partial charge in [-0.1, -0.05) is 42.5 Å². The first-order valence-electron chi connectivity index (χ1n) is 8.68. The summed E-state index contributed by atoms with van der Waals surface area (Å²) in [5, 5.41) is 6.99. The Morgan fingerprint density at radius 2 is 1.67 bits per heavy atom. The van der Waals surface area contributed by atoms with Gasteiger partial charge in [0.25, 0.3) is 5.91 Å². The van der Waals surface area contributed by atoms with Crippen LogP contribution in [0.5, 0.6) is 0 Å². The van der Waals surface area contributed by atoms with Crippen molar-refractivity contribution in [3.8, 4) is 11.1 Å². The maximum Gasteiger partial charge on any atom is 0.343 e. The van der Waals surface area contributed by atoms with Crippen LogP contribution < -0.4 is 5.32 Å². The first-order valence-corrected chi connectivity index (χ1v) is 8.68. The Morgan fingerprint density at radius 3 is 2.30 bits per heavy atom. The summed E-state index contributed by atoms with van der Waals surface area (Å²) in [7, 11) is 1.67. The second-order valence-electron chi connectivity index (χ2n) is 6.05. The van der Waals surface area contributed by atoms with Crippen LogP contribution in [0.2, 0.25) is 0 Å². The van der Waals surface area contributed by atoms with Crippen molar-refractivity contribution < 1.29 is 14.3 Å². The number of hydrogen-bond acceptors (Lipinski definition) is 4. The number of amides is 1. The van der Waals surface area contributed by atoms with Gasteiger partial charge in [0.2, 0.25) is 0 Å². The van der Waals surface area contributed by atoms with E-state index in [-0.39, 0.29) is 18.1 Å². The largest absolute Gasteiger partial charge is 0.462 e. The predicted octanol–water partition coefficient (Wildman–Crippen LogP) is 3.82. The zero-order valence-electron chi connectivity index (χ0n) is 15.5. The molecular formula is C21H21N3O3. The van der Waals surface area contributed by atoms with Crippen LogP contribution in [0.25, 0.3) is 11.1 Å². The van der Waals surface area contributed by atoms with Gasteiger partial charge in [0.1, 0.15) is 11.4 Å². The highest BCUT2D eigenvalue weighted by molar-refractivity contribution is 6.07. The van der Waals surface area contributed by atoms with Crippen molar-refractivity contribution in [1.29, 1.82) is 0 Å². The Kier molecular flexibility index (Phi) is 5.35. The summed E-state index contributed by atoms with van der Waals surface area (Å²) in [4.78, 5) is 24.8. The van der Waals surface area contributed by atoms with Crippen molar-refractivity contribution in [2.75, 3.05) is 11.9 Å². The van der Waals surface area contributed by atoms with Gasteiger partial charge in [-0.3, -0.25) is 9.48 Å². The van der Waals surface area contributed by atoms with E-state index in [0.29, 0.717) is 17.1 Å². The first-order chi connectivity index (χ1) is 13.0. The normalized spacial score (nSPS) is 10.5. The van der Waals surface area contributed by atoms with Crippen molar-refractivity contribution in [3.63, 3.8) is 0 Å². The molecule has 2 aromatic carbocycles. The molecule has 1 amide bonds. The van der Waals surface area contributed by atoms with Gasteiger partial charge in [0.15, 0.2) is 0 Å². The van der Waals surface area contributed by atoms with Crippen molar-refractivity contribution in [3.05, 3.63) is 71.4 Å². The Morgan fingerprint density at radius 1 is 1.04 bits per heavy atom. The van der Waals surface area contributed by atoms with Gasteiger partial charge in [-0.05, 0) is 37.1 Å². The van der Waals surface area contributed by atoms with E-state index in [0.717, 1.165) is 11.1 Å². The topological polar surface area (TPSA) is 73.2 Å². The number of anilines is 1. The molecule has 6 nitrogen and oxygen atoms in total. The van der Waals surface area contributed by atoms with Gasteiger partial charge >= 0.3 is 5.97 Å². The molecule has 0 aliphatic heterocycles. The summed E-state index contributed by atoms with van der Waals surface area (Å²) in [5.74, 6) is -0.496. The molecule has 27 heavy (non-hydrogen) atoms. The fourth-order valence-electron chi connectivity index (χ4n) is 2.87. The van der Waals surface area contributed by atoms with Gasteiger partial charge in [0, 0.05) is 12.6 Å². The van der Waals surface area contributed by atoms with E-state index in [4.69, 9.17) is 4.74 Å². The Balaban J connectivity index is 1.83. The molecule has 3 rings (SSSR count). The molecule has 1 aromatic heterocycles. The minimum Gasteiger partial charge on any atom is -0.462 e. The standard InChI is InChI=1S/C21H21N3O3/c1-4-27-21(26)18-14(2)23-24(3)19(18)22-20(25)17-12-10-16(11-13-17)15-8-6-5-7-9-15/h5-13H,4H2,1-3H3,(H,22,25).